The summed E-state index contributed by atoms with van der Waals surface area (Å²) in [5, 5.41) is 3.17. The van der Waals surface area contributed by atoms with E-state index in [-0.39, 0.29) is 35.7 Å². The van der Waals surface area contributed by atoms with E-state index >= 15 is 0 Å². The number of likely N-dealkylation sites (tertiary alicyclic amines) is 1. The van der Waals surface area contributed by atoms with Crippen LogP contribution < -0.4 is 5.32 Å². The van der Waals surface area contributed by atoms with Crippen LogP contribution in [0.5, 0.6) is 0 Å². The summed E-state index contributed by atoms with van der Waals surface area (Å²) in [4.78, 5) is 20.1. The molecule has 1 saturated heterocycles. The van der Waals surface area contributed by atoms with Gasteiger partial charge in [-0.25, -0.2) is 9.79 Å². The zero-order valence-electron chi connectivity index (χ0n) is 24.3. The van der Waals surface area contributed by atoms with Crippen LogP contribution in [0.1, 0.15) is 54.0 Å². The van der Waals surface area contributed by atoms with Crippen LogP contribution >= 0.6 is 11.8 Å². The van der Waals surface area contributed by atoms with Crippen LogP contribution in [0, 0.1) is 0 Å². The van der Waals surface area contributed by atoms with E-state index < -0.39 is 41.1 Å². The van der Waals surface area contributed by atoms with Gasteiger partial charge in [0.2, 0.25) is 0 Å². The third-order valence-electron chi connectivity index (χ3n) is 7.43. The second-order valence-corrected chi connectivity index (χ2v) is 11.3. The van der Waals surface area contributed by atoms with Gasteiger partial charge >= 0.3 is 18.3 Å². The maximum atomic E-state index is 14.2. The quantitative estimate of drug-likeness (QED) is 0.161. The van der Waals surface area contributed by atoms with Gasteiger partial charge < -0.3 is 19.7 Å². The number of carbonyl (C=O) groups excluding carboxylic acids is 1. The fourth-order valence-corrected chi connectivity index (χ4v) is 5.62. The molecule has 240 valence electrons. The number of esters is 1. The molecular formula is C31H35F6N3O3S. The zero-order valence-corrected chi connectivity index (χ0v) is 25.1. The molecule has 2 heterocycles. The van der Waals surface area contributed by atoms with E-state index in [9.17, 15) is 31.1 Å². The Morgan fingerprint density at radius 3 is 2.39 bits per heavy atom. The summed E-state index contributed by atoms with van der Waals surface area (Å²) in [6.45, 7) is 2.69. The fourth-order valence-electron chi connectivity index (χ4n) is 5.18. The molecule has 2 aliphatic rings. The molecule has 2 aromatic rings. The van der Waals surface area contributed by atoms with Gasteiger partial charge in [0.25, 0.3) is 0 Å². The van der Waals surface area contributed by atoms with Crippen molar-refractivity contribution in [2.45, 2.75) is 50.5 Å². The van der Waals surface area contributed by atoms with Crippen LogP contribution in [0.4, 0.5) is 26.3 Å². The highest BCUT2D eigenvalue weighted by molar-refractivity contribution is 8.13. The highest BCUT2D eigenvalue weighted by Crippen LogP contribution is 2.43. The van der Waals surface area contributed by atoms with E-state index in [1.54, 1.807) is 6.26 Å². The van der Waals surface area contributed by atoms with Gasteiger partial charge in [-0.1, -0.05) is 54.6 Å². The first-order valence-electron chi connectivity index (χ1n) is 14.4. The SMILES string of the molecule is CSC1=NC(c2ccc(C(F)(F)F)cc2C(F)(F)F)C(C(=O)OCCCc2ccccc2)=C(COCCN2CCCCC2)N1. The molecule has 0 bridgehead atoms. The topological polar surface area (TPSA) is 63.2 Å². The van der Waals surface area contributed by atoms with Gasteiger partial charge in [-0.3, -0.25) is 0 Å². The summed E-state index contributed by atoms with van der Waals surface area (Å²) >= 11 is 1.09. The summed E-state index contributed by atoms with van der Waals surface area (Å²) < 4.78 is 94.2. The number of aryl methyl sites for hydroxylation is 1. The van der Waals surface area contributed by atoms with Gasteiger partial charge in [0.05, 0.1) is 42.2 Å². The van der Waals surface area contributed by atoms with Gasteiger partial charge in [-0.05, 0) is 68.3 Å². The monoisotopic (exact) mass is 643 g/mol. The standard InChI is InChI=1S/C31H35F6N3O3S/c1-44-29-38-25(20-42-18-16-40-14-6-3-7-15-40)26(28(41)43-17-8-11-21-9-4-2-5-10-21)27(39-29)23-13-12-22(30(32,33)34)19-24(23)31(35,36)37/h2,4-5,9-10,12-13,19,27H,3,6-8,11,14-18,20H2,1H3,(H,38,39). The van der Waals surface area contributed by atoms with E-state index in [1.165, 1.54) is 6.42 Å². The lowest BCUT2D eigenvalue weighted by molar-refractivity contribution is -0.144. The number of rotatable bonds is 11. The Bertz CT molecular complexity index is 1330. The number of aliphatic imine (C=N–C) groups is 1. The Morgan fingerprint density at radius 1 is 1.00 bits per heavy atom. The fraction of sp³-hybridized carbons (Fsp3) is 0.484. The van der Waals surface area contributed by atoms with E-state index in [2.05, 4.69) is 15.2 Å². The number of hydrogen-bond acceptors (Lipinski definition) is 7. The zero-order chi connectivity index (χ0) is 31.7. The maximum absolute atomic E-state index is 14.2. The lowest BCUT2D eigenvalue weighted by Crippen LogP contribution is -2.36. The number of carbonyl (C=O) groups is 1. The van der Waals surface area contributed by atoms with E-state index in [4.69, 9.17) is 9.47 Å². The number of alkyl halides is 6. The van der Waals surface area contributed by atoms with Crippen molar-refractivity contribution in [2.75, 3.05) is 45.7 Å². The average Bonchev–Trinajstić information content (AvgIpc) is 3.00. The molecule has 6 nitrogen and oxygen atoms in total. The number of hydrogen-bond donors (Lipinski definition) is 1. The van der Waals surface area contributed by atoms with Gasteiger partial charge in [0.1, 0.15) is 6.04 Å². The number of ether oxygens (including phenoxy) is 2. The van der Waals surface area contributed by atoms with Crippen molar-refractivity contribution >= 4 is 22.9 Å². The molecule has 0 aliphatic carbocycles. The largest absolute Gasteiger partial charge is 0.462 e. The maximum Gasteiger partial charge on any atom is 0.416 e. The van der Waals surface area contributed by atoms with Crippen LogP contribution in [-0.2, 0) is 33.0 Å². The van der Waals surface area contributed by atoms with Crippen LogP contribution in [0.3, 0.4) is 0 Å². The van der Waals surface area contributed by atoms with Crippen molar-refractivity contribution in [1.82, 2.24) is 10.2 Å². The molecule has 1 N–H and O–H groups in total. The highest BCUT2D eigenvalue weighted by atomic mass is 32.2. The molecule has 1 unspecified atom stereocenters. The first-order valence-corrected chi connectivity index (χ1v) is 15.6. The minimum Gasteiger partial charge on any atom is -0.462 e. The molecule has 13 heteroatoms. The molecule has 0 amide bonds. The minimum atomic E-state index is -5.15. The number of thioether (sulfide) groups is 1. The van der Waals surface area contributed by atoms with Gasteiger partial charge in [0.15, 0.2) is 5.17 Å². The summed E-state index contributed by atoms with van der Waals surface area (Å²) in [7, 11) is 0. The molecule has 2 aliphatic heterocycles. The van der Waals surface area contributed by atoms with Crippen LogP contribution in [0.2, 0.25) is 0 Å². The Morgan fingerprint density at radius 2 is 1.73 bits per heavy atom. The average molecular weight is 644 g/mol. The first-order chi connectivity index (χ1) is 21.0. The number of benzene rings is 2. The molecule has 0 aromatic heterocycles. The lowest BCUT2D eigenvalue weighted by atomic mass is 9.91. The van der Waals surface area contributed by atoms with E-state index in [0.29, 0.717) is 32.1 Å². The summed E-state index contributed by atoms with van der Waals surface area (Å²) in [6.07, 6.45) is -4.08. The lowest BCUT2D eigenvalue weighted by Gasteiger charge is -2.29. The van der Waals surface area contributed by atoms with E-state index in [1.807, 2.05) is 30.3 Å². The predicted octanol–water partition coefficient (Wildman–Crippen LogP) is 7.02. The van der Waals surface area contributed by atoms with Crippen LogP contribution in [0.15, 0.2) is 64.8 Å². The van der Waals surface area contributed by atoms with Crippen molar-refractivity contribution in [2.24, 2.45) is 4.99 Å². The van der Waals surface area contributed by atoms with Crippen LogP contribution in [-0.4, -0.2) is 61.7 Å². The molecule has 44 heavy (non-hydrogen) atoms. The minimum absolute atomic E-state index is 0.0225. The van der Waals surface area contributed by atoms with Crippen molar-refractivity contribution in [1.29, 1.82) is 0 Å². The van der Waals surface area contributed by atoms with Crippen molar-refractivity contribution < 1.29 is 40.6 Å². The number of halogens is 6. The Balaban J connectivity index is 1.63. The molecule has 1 fully saturated rings. The first kappa shape index (κ1) is 33.9. The van der Waals surface area contributed by atoms with Gasteiger partial charge in [0, 0.05) is 6.54 Å². The molecule has 0 radical (unpaired) electrons. The predicted molar refractivity (Wildman–Crippen MR) is 157 cm³/mol. The Labute approximate surface area is 256 Å². The van der Waals surface area contributed by atoms with Crippen LogP contribution in [0.25, 0.3) is 0 Å². The molecule has 4 rings (SSSR count). The summed E-state index contributed by atoms with van der Waals surface area (Å²) in [6, 6.07) is 9.28. The van der Waals surface area contributed by atoms with Gasteiger partial charge in [-0.15, -0.1) is 0 Å². The van der Waals surface area contributed by atoms with Crippen molar-refractivity contribution in [3.05, 3.63) is 82.1 Å². The Kier molecular flexibility index (Phi) is 11.8. The van der Waals surface area contributed by atoms with Gasteiger partial charge in [-0.2, -0.15) is 26.3 Å². The summed E-state index contributed by atoms with van der Waals surface area (Å²) in [5.41, 5.74) is -2.60. The molecule has 1 atom stereocenters. The number of nitrogens with zero attached hydrogens (tertiary/aromatic N) is 2. The Hall–Kier alpha value is -3.03. The normalized spacial score (nSPS) is 18.2. The second-order valence-electron chi connectivity index (χ2n) is 10.5. The molecule has 2 aromatic carbocycles. The third kappa shape index (κ3) is 9.24. The molecule has 0 saturated carbocycles. The molecule has 0 spiro atoms. The summed E-state index contributed by atoms with van der Waals surface area (Å²) in [5.74, 6) is -0.915. The smallest absolute Gasteiger partial charge is 0.416 e. The van der Waals surface area contributed by atoms with Crippen molar-refractivity contribution in [3.8, 4) is 0 Å². The second kappa shape index (κ2) is 15.3. The van der Waals surface area contributed by atoms with E-state index in [0.717, 1.165) is 49.3 Å². The highest BCUT2D eigenvalue weighted by Gasteiger charge is 2.42. The van der Waals surface area contributed by atoms with Crippen molar-refractivity contribution in [3.63, 3.8) is 0 Å². The number of nitrogens with one attached hydrogen (secondary N) is 1. The molecular weight excluding hydrogens is 608 g/mol. The number of amidine groups is 1. The number of piperidine rings is 1. The third-order valence-corrected chi connectivity index (χ3v) is 8.02.